The Hall–Kier alpha value is -0.350. The molecule has 0 radical (unpaired) electrons. The molecule has 0 aromatic carbocycles. The number of piperazine rings is 1. The summed E-state index contributed by atoms with van der Waals surface area (Å²) in [5.41, 5.74) is 0. The Morgan fingerprint density at radius 3 is 2.29 bits per heavy atom. The lowest BCUT2D eigenvalue weighted by Gasteiger charge is -2.43. The first-order chi connectivity index (χ1) is 6.56. The van der Waals surface area contributed by atoms with Crippen LogP contribution in [0.5, 0.6) is 0 Å². The summed E-state index contributed by atoms with van der Waals surface area (Å²) in [6.07, 6.45) is 0. The Kier molecular flexibility index (Phi) is 4.13. The van der Waals surface area contributed by atoms with E-state index in [1.54, 1.807) is 0 Å². The molecule has 0 amide bonds. The van der Waals surface area contributed by atoms with Crippen molar-refractivity contribution in [1.29, 1.82) is 0 Å². The fourth-order valence-corrected chi connectivity index (χ4v) is 2.13. The summed E-state index contributed by atoms with van der Waals surface area (Å²) >= 11 is 5.31. The van der Waals surface area contributed by atoms with Crippen molar-refractivity contribution in [3.8, 4) is 0 Å². The van der Waals surface area contributed by atoms with Crippen LogP contribution in [0, 0.1) is 0 Å². The number of likely N-dealkylation sites (N-methyl/N-ethyl adjacent to an activating group) is 1. The molecule has 1 rings (SSSR count). The van der Waals surface area contributed by atoms with Crippen molar-refractivity contribution in [3.63, 3.8) is 0 Å². The summed E-state index contributed by atoms with van der Waals surface area (Å²) in [4.78, 5) is 4.68. The second-order valence-corrected chi connectivity index (χ2v) is 4.49. The van der Waals surface area contributed by atoms with Gasteiger partial charge in [0.15, 0.2) is 5.11 Å². The third-order valence-electron chi connectivity index (χ3n) is 2.97. The molecule has 2 atom stereocenters. The van der Waals surface area contributed by atoms with Crippen LogP contribution in [-0.2, 0) is 0 Å². The smallest absolute Gasteiger partial charge is 0.169 e. The van der Waals surface area contributed by atoms with E-state index in [0.29, 0.717) is 12.1 Å². The monoisotopic (exact) mass is 215 g/mol. The zero-order valence-electron chi connectivity index (χ0n) is 9.58. The minimum absolute atomic E-state index is 0.579. The molecule has 1 heterocycles. The second kappa shape index (κ2) is 4.94. The Morgan fingerprint density at radius 1 is 1.36 bits per heavy atom. The minimum Gasteiger partial charge on any atom is -0.363 e. The van der Waals surface area contributed by atoms with Crippen LogP contribution in [0.1, 0.15) is 20.8 Å². The van der Waals surface area contributed by atoms with E-state index in [1.165, 1.54) is 0 Å². The predicted molar refractivity (Wildman–Crippen MR) is 64.5 cm³/mol. The molecule has 0 spiro atoms. The molecule has 14 heavy (non-hydrogen) atoms. The molecule has 82 valence electrons. The molecule has 0 aromatic heterocycles. The summed E-state index contributed by atoms with van der Waals surface area (Å²) in [5, 5.41) is 4.11. The van der Waals surface area contributed by atoms with Crippen molar-refractivity contribution in [2.75, 3.05) is 26.7 Å². The minimum atomic E-state index is 0.579. The summed E-state index contributed by atoms with van der Waals surface area (Å²) in [6, 6.07) is 1.16. The van der Waals surface area contributed by atoms with Gasteiger partial charge in [0.2, 0.25) is 0 Å². The van der Waals surface area contributed by atoms with E-state index in [4.69, 9.17) is 12.2 Å². The van der Waals surface area contributed by atoms with E-state index in [9.17, 15) is 0 Å². The van der Waals surface area contributed by atoms with E-state index < -0.39 is 0 Å². The SMILES string of the molecule is CCNC(=S)N1C[C@@H](C)N(C)[C@@H](C)C1. The average Bonchev–Trinajstić information content (AvgIpc) is 2.13. The van der Waals surface area contributed by atoms with Gasteiger partial charge in [-0.1, -0.05) is 0 Å². The highest BCUT2D eigenvalue weighted by Crippen LogP contribution is 2.13. The van der Waals surface area contributed by atoms with Gasteiger partial charge >= 0.3 is 0 Å². The lowest BCUT2D eigenvalue weighted by Crippen LogP contribution is -2.58. The molecule has 1 aliphatic rings. The number of hydrogen-bond acceptors (Lipinski definition) is 2. The van der Waals surface area contributed by atoms with Gasteiger partial charge < -0.3 is 10.2 Å². The average molecular weight is 215 g/mol. The maximum atomic E-state index is 5.31. The molecule has 0 saturated carbocycles. The quantitative estimate of drug-likeness (QED) is 0.655. The molecular weight excluding hydrogens is 194 g/mol. The molecule has 1 fully saturated rings. The molecule has 0 unspecified atom stereocenters. The summed E-state index contributed by atoms with van der Waals surface area (Å²) in [7, 11) is 2.18. The highest BCUT2D eigenvalue weighted by molar-refractivity contribution is 7.80. The van der Waals surface area contributed by atoms with Gasteiger partial charge in [-0.2, -0.15) is 0 Å². The van der Waals surface area contributed by atoms with Crippen molar-refractivity contribution in [2.45, 2.75) is 32.9 Å². The maximum absolute atomic E-state index is 5.31. The van der Waals surface area contributed by atoms with E-state index >= 15 is 0 Å². The normalized spacial score (nSPS) is 29.0. The van der Waals surface area contributed by atoms with Gasteiger partial charge in [0.1, 0.15) is 0 Å². The van der Waals surface area contributed by atoms with Gasteiger partial charge in [0, 0.05) is 31.7 Å². The van der Waals surface area contributed by atoms with Gasteiger partial charge in [-0.25, -0.2) is 0 Å². The third-order valence-corrected chi connectivity index (χ3v) is 3.38. The van der Waals surface area contributed by atoms with Crippen molar-refractivity contribution >= 4 is 17.3 Å². The summed E-state index contributed by atoms with van der Waals surface area (Å²) in [6.45, 7) is 9.55. The standard InChI is InChI=1S/C10H21N3S/c1-5-11-10(14)13-6-8(2)12(4)9(3)7-13/h8-9H,5-7H2,1-4H3,(H,11,14)/t8-,9+. The first-order valence-corrected chi connectivity index (χ1v) is 5.71. The van der Waals surface area contributed by atoms with Crippen molar-refractivity contribution in [1.82, 2.24) is 15.1 Å². The first-order valence-electron chi connectivity index (χ1n) is 5.31. The zero-order chi connectivity index (χ0) is 10.7. The number of nitrogens with one attached hydrogen (secondary N) is 1. The van der Waals surface area contributed by atoms with Gasteiger partial charge in [0.25, 0.3) is 0 Å². The Balaban J connectivity index is 2.53. The first kappa shape index (κ1) is 11.7. The van der Waals surface area contributed by atoms with E-state index in [1.807, 2.05) is 0 Å². The number of rotatable bonds is 1. The van der Waals surface area contributed by atoms with Crippen LogP contribution in [0.4, 0.5) is 0 Å². The molecule has 1 aliphatic heterocycles. The molecule has 0 bridgehead atoms. The molecule has 4 heteroatoms. The van der Waals surface area contributed by atoms with Gasteiger partial charge in [0.05, 0.1) is 0 Å². The van der Waals surface area contributed by atoms with Crippen LogP contribution in [0.2, 0.25) is 0 Å². The fourth-order valence-electron chi connectivity index (χ4n) is 1.83. The molecule has 0 aliphatic carbocycles. The van der Waals surface area contributed by atoms with E-state index in [0.717, 1.165) is 24.7 Å². The highest BCUT2D eigenvalue weighted by Gasteiger charge is 2.27. The summed E-state index contributed by atoms with van der Waals surface area (Å²) in [5.74, 6) is 0. The number of nitrogens with zero attached hydrogens (tertiary/aromatic N) is 2. The Morgan fingerprint density at radius 2 is 1.86 bits per heavy atom. The number of hydrogen-bond donors (Lipinski definition) is 1. The predicted octanol–water partition coefficient (Wildman–Crippen LogP) is 0.905. The van der Waals surface area contributed by atoms with Crippen LogP contribution in [0.3, 0.4) is 0 Å². The Bertz CT molecular complexity index is 196. The molecule has 3 nitrogen and oxygen atoms in total. The van der Waals surface area contributed by atoms with Crippen LogP contribution in [-0.4, -0.2) is 53.7 Å². The van der Waals surface area contributed by atoms with Crippen LogP contribution in [0.25, 0.3) is 0 Å². The van der Waals surface area contributed by atoms with Gasteiger partial charge in [-0.3, -0.25) is 4.90 Å². The van der Waals surface area contributed by atoms with Crippen LogP contribution >= 0.6 is 12.2 Å². The molecule has 1 saturated heterocycles. The third kappa shape index (κ3) is 2.58. The van der Waals surface area contributed by atoms with Crippen molar-refractivity contribution in [3.05, 3.63) is 0 Å². The maximum Gasteiger partial charge on any atom is 0.169 e. The summed E-state index contributed by atoms with van der Waals surface area (Å²) < 4.78 is 0. The molecule has 0 aromatic rings. The largest absolute Gasteiger partial charge is 0.363 e. The van der Waals surface area contributed by atoms with Crippen LogP contribution in [0.15, 0.2) is 0 Å². The topological polar surface area (TPSA) is 18.5 Å². The molecule has 1 N–H and O–H groups in total. The van der Waals surface area contributed by atoms with Crippen molar-refractivity contribution < 1.29 is 0 Å². The number of thiocarbonyl (C=S) groups is 1. The van der Waals surface area contributed by atoms with Crippen molar-refractivity contribution in [2.24, 2.45) is 0 Å². The van der Waals surface area contributed by atoms with Crippen LogP contribution < -0.4 is 5.32 Å². The lowest BCUT2D eigenvalue weighted by atomic mass is 10.1. The molecular formula is C10H21N3S. The van der Waals surface area contributed by atoms with Gasteiger partial charge in [-0.15, -0.1) is 0 Å². The second-order valence-electron chi connectivity index (χ2n) is 4.10. The highest BCUT2D eigenvalue weighted by atomic mass is 32.1. The van der Waals surface area contributed by atoms with Gasteiger partial charge in [-0.05, 0) is 40.0 Å². The van der Waals surface area contributed by atoms with E-state index in [2.05, 4.69) is 42.9 Å². The van der Waals surface area contributed by atoms with E-state index in [-0.39, 0.29) is 0 Å². The lowest BCUT2D eigenvalue weighted by molar-refractivity contribution is 0.0984. The zero-order valence-corrected chi connectivity index (χ0v) is 10.4. The Labute approximate surface area is 92.4 Å². The fraction of sp³-hybridized carbons (Fsp3) is 0.900.